The molecule has 0 fully saturated rings. The first kappa shape index (κ1) is 7.89. The maximum absolute atomic E-state index is 11.2. The number of rotatable bonds is 0. The Labute approximate surface area is 80.8 Å². The van der Waals surface area contributed by atoms with Crippen molar-refractivity contribution in [2.24, 2.45) is 0 Å². The maximum atomic E-state index is 11.2. The van der Waals surface area contributed by atoms with Crippen LogP contribution in [0.5, 0.6) is 0 Å². The first-order valence-corrected chi connectivity index (χ1v) is 4.41. The van der Waals surface area contributed by atoms with Gasteiger partial charge in [0.15, 0.2) is 0 Å². The van der Waals surface area contributed by atoms with Crippen LogP contribution in [0.4, 0.5) is 0 Å². The van der Waals surface area contributed by atoms with Gasteiger partial charge in [-0.25, -0.2) is 0 Å². The van der Waals surface area contributed by atoms with Gasteiger partial charge in [-0.05, 0) is 28.1 Å². The van der Waals surface area contributed by atoms with E-state index in [0.29, 0.717) is 20.4 Å². The Morgan fingerprint density at radius 2 is 2.08 bits per heavy atom. The summed E-state index contributed by atoms with van der Waals surface area (Å²) in [5.41, 5.74) is 0.563. The lowest BCUT2D eigenvalue weighted by Crippen LogP contribution is -1.97. The highest BCUT2D eigenvalue weighted by Crippen LogP contribution is 2.23. The molecule has 0 bridgehead atoms. The number of benzene rings is 1. The van der Waals surface area contributed by atoms with E-state index in [4.69, 9.17) is 11.6 Å². The fourth-order valence-electron chi connectivity index (χ4n) is 1.09. The van der Waals surface area contributed by atoms with E-state index in [1.807, 2.05) is 0 Å². The van der Waals surface area contributed by atoms with Crippen molar-refractivity contribution in [3.8, 4) is 0 Å². The second-order valence-electron chi connectivity index (χ2n) is 2.39. The summed E-state index contributed by atoms with van der Waals surface area (Å²) < 4.78 is 0.701. The standard InChI is InChI=1S/C7H4BrClN2O/c8-4-1-3(9)2-5-6(4)7(12)11-10-5/h1-2H,(H2,10,11,12). The van der Waals surface area contributed by atoms with E-state index in [9.17, 15) is 4.79 Å². The Morgan fingerprint density at radius 3 is 2.83 bits per heavy atom. The quantitative estimate of drug-likeness (QED) is 0.737. The SMILES string of the molecule is O=c1[nH][nH]c2cc(Cl)cc(Br)c12. The number of aromatic nitrogens is 2. The molecule has 3 nitrogen and oxygen atoms in total. The van der Waals surface area contributed by atoms with Crippen LogP contribution in [-0.2, 0) is 0 Å². The van der Waals surface area contributed by atoms with Gasteiger partial charge in [-0.1, -0.05) is 11.6 Å². The van der Waals surface area contributed by atoms with Gasteiger partial charge < -0.3 is 0 Å². The fraction of sp³-hybridized carbons (Fsp3) is 0. The molecule has 2 rings (SSSR count). The average Bonchev–Trinajstić information content (AvgIpc) is 2.31. The highest BCUT2D eigenvalue weighted by atomic mass is 79.9. The molecule has 0 radical (unpaired) electrons. The molecule has 2 aromatic rings. The molecule has 5 heteroatoms. The van der Waals surface area contributed by atoms with E-state index in [1.165, 1.54) is 0 Å². The van der Waals surface area contributed by atoms with Crippen molar-refractivity contribution < 1.29 is 0 Å². The van der Waals surface area contributed by atoms with Crippen LogP contribution in [0.1, 0.15) is 0 Å². The number of nitrogens with one attached hydrogen (secondary N) is 2. The molecule has 2 N–H and O–H groups in total. The Hall–Kier alpha value is -0.740. The van der Waals surface area contributed by atoms with Crippen LogP contribution in [0.3, 0.4) is 0 Å². The van der Waals surface area contributed by atoms with E-state index in [-0.39, 0.29) is 5.56 Å². The predicted octanol–water partition coefficient (Wildman–Crippen LogP) is 2.27. The summed E-state index contributed by atoms with van der Waals surface area (Å²) in [7, 11) is 0. The Balaban J connectivity index is 3.03. The molecule has 0 saturated carbocycles. The van der Waals surface area contributed by atoms with E-state index in [1.54, 1.807) is 12.1 Å². The van der Waals surface area contributed by atoms with Crippen molar-refractivity contribution in [3.63, 3.8) is 0 Å². The number of hydrogen-bond donors (Lipinski definition) is 2. The molecule has 1 heterocycles. The van der Waals surface area contributed by atoms with Gasteiger partial charge in [-0.15, -0.1) is 0 Å². The number of halogens is 2. The second-order valence-corrected chi connectivity index (χ2v) is 3.68. The van der Waals surface area contributed by atoms with Crippen molar-refractivity contribution >= 4 is 38.4 Å². The Morgan fingerprint density at radius 1 is 1.33 bits per heavy atom. The highest BCUT2D eigenvalue weighted by Gasteiger charge is 2.05. The summed E-state index contributed by atoms with van der Waals surface area (Å²) >= 11 is 9.02. The fourth-order valence-corrected chi connectivity index (χ4v) is 2.08. The van der Waals surface area contributed by atoms with Crippen molar-refractivity contribution in [1.82, 2.24) is 10.2 Å². The van der Waals surface area contributed by atoms with Crippen LogP contribution in [0.15, 0.2) is 21.4 Å². The molecular formula is C7H4BrClN2O. The molecule has 0 saturated heterocycles. The van der Waals surface area contributed by atoms with E-state index < -0.39 is 0 Å². The summed E-state index contributed by atoms with van der Waals surface area (Å²) in [6, 6.07) is 3.38. The van der Waals surface area contributed by atoms with Crippen LogP contribution in [0.25, 0.3) is 10.9 Å². The minimum atomic E-state index is -0.145. The van der Waals surface area contributed by atoms with Crippen LogP contribution in [0, 0.1) is 0 Å². The molecule has 0 aliphatic rings. The van der Waals surface area contributed by atoms with Gasteiger partial charge in [-0.3, -0.25) is 15.0 Å². The Kier molecular flexibility index (Phi) is 1.73. The monoisotopic (exact) mass is 246 g/mol. The zero-order valence-electron chi connectivity index (χ0n) is 5.82. The minimum Gasteiger partial charge on any atom is -0.297 e. The van der Waals surface area contributed by atoms with E-state index >= 15 is 0 Å². The molecule has 62 valence electrons. The highest BCUT2D eigenvalue weighted by molar-refractivity contribution is 9.10. The van der Waals surface area contributed by atoms with Gasteiger partial charge in [-0.2, -0.15) is 0 Å². The normalized spacial score (nSPS) is 10.8. The van der Waals surface area contributed by atoms with Crippen molar-refractivity contribution in [2.45, 2.75) is 0 Å². The topological polar surface area (TPSA) is 48.6 Å². The number of hydrogen-bond acceptors (Lipinski definition) is 1. The molecule has 1 aromatic heterocycles. The third kappa shape index (κ3) is 1.07. The van der Waals surface area contributed by atoms with Gasteiger partial charge >= 0.3 is 0 Å². The van der Waals surface area contributed by atoms with E-state index in [0.717, 1.165) is 0 Å². The number of aromatic amines is 2. The summed E-state index contributed by atoms with van der Waals surface area (Å²) in [6.45, 7) is 0. The molecule has 0 atom stereocenters. The smallest absolute Gasteiger partial charge is 0.272 e. The van der Waals surface area contributed by atoms with E-state index in [2.05, 4.69) is 26.1 Å². The average molecular weight is 247 g/mol. The first-order chi connectivity index (χ1) is 5.68. The molecule has 0 spiro atoms. The predicted molar refractivity (Wildman–Crippen MR) is 51.6 cm³/mol. The number of fused-ring (bicyclic) bond motifs is 1. The third-order valence-corrected chi connectivity index (χ3v) is 2.44. The third-order valence-electron chi connectivity index (χ3n) is 1.59. The zero-order chi connectivity index (χ0) is 8.72. The van der Waals surface area contributed by atoms with Gasteiger partial charge in [0.25, 0.3) is 5.56 Å². The van der Waals surface area contributed by atoms with Gasteiger partial charge in [0.1, 0.15) is 0 Å². The van der Waals surface area contributed by atoms with Gasteiger partial charge in [0.2, 0.25) is 0 Å². The maximum Gasteiger partial charge on any atom is 0.272 e. The first-order valence-electron chi connectivity index (χ1n) is 3.24. The van der Waals surface area contributed by atoms with Crippen molar-refractivity contribution in [2.75, 3.05) is 0 Å². The van der Waals surface area contributed by atoms with Crippen LogP contribution >= 0.6 is 27.5 Å². The summed E-state index contributed by atoms with van der Waals surface area (Å²) in [5.74, 6) is 0. The molecule has 0 amide bonds. The van der Waals surface area contributed by atoms with Crippen molar-refractivity contribution in [3.05, 3.63) is 32.0 Å². The lowest BCUT2D eigenvalue weighted by atomic mass is 10.2. The van der Waals surface area contributed by atoms with Crippen LogP contribution in [-0.4, -0.2) is 10.2 Å². The lowest BCUT2D eigenvalue weighted by molar-refractivity contribution is 1.08. The van der Waals surface area contributed by atoms with Gasteiger partial charge in [0.05, 0.1) is 10.9 Å². The molecule has 0 aliphatic carbocycles. The lowest BCUT2D eigenvalue weighted by Gasteiger charge is -1.92. The largest absolute Gasteiger partial charge is 0.297 e. The van der Waals surface area contributed by atoms with Gasteiger partial charge in [0, 0.05) is 9.50 Å². The number of H-pyrrole nitrogens is 2. The minimum absolute atomic E-state index is 0.145. The summed E-state index contributed by atoms with van der Waals surface area (Å²) in [4.78, 5) is 11.2. The molecule has 12 heavy (non-hydrogen) atoms. The second kappa shape index (κ2) is 2.64. The van der Waals surface area contributed by atoms with Crippen molar-refractivity contribution in [1.29, 1.82) is 0 Å². The molecule has 0 unspecified atom stereocenters. The molecule has 1 aromatic carbocycles. The van der Waals surface area contributed by atoms with Crippen LogP contribution in [0.2, 0.25) is 5.02 Å². The van der Waals surface area contributed by atoms with Crippen LogP contribution < -0.4 is 5.56 Å². The summed E-state index contributed by atoms with van der Waals surface area (Å²) in [6.07, 6.45) is 0. The summed E-state index contributed by atoms with van der Waals surface area (Å²) in [5, 5.41) is 6.38. The Bertz CT molecular complexity index is 488. The molecular weight excluding hydrogens is 243 g/mol. The molecule has 0 aliphatic heterocycles. The zero-order valence-corrected chi connectivity index (χ0v) is 8.16.